The molecule has 0 bridgehead atoms. The normalized spacial score (nSPS) is 13.8. The zero-order valence-corrected chi connectivity index (χ0v) is 13.5. The molecule has 2 rings (SSSR count). The summed E-state index contributed by atoms with van der Waals surface area (Å²) >= 11 is 0. The van der Waals surface area contributed by atoms with E-state index >= 15 is 0 Å². The fourth-order valence-corrected chi connectivity index (χ4v) is 2.64. The standard InChI is InChI=1S/C17H26N2O2/c1-5-11-19-14-10-8-7-9-13(14)18-16(19)12-15(20)17(3,4)21-6-2/h7-10,15,20H,5-6,11-12H2,1-4H3. The van der Waals surface area contributed by atoms with Crippen molar-refractivity contribution in [3.8, 4) is 0 Å². The number of aromatic nitrogens is 2. The molecule has 0 radical (unpaired) electrons. The minimum atomic E-state index is -0.579. The smallest absolute Gasteiger partial charge is 0.112 e. The van der Waals surface area contributed by atoms with E-state index in [9.17, 15) is 5.11 Å². The lowest BCUT2D eigenvalue weighted by atomic mass is 9.98. The van der Waals surface area contributed by atoms with Gasteiger partial charge in [0.25, 0.3) is 0 Å². The Balaban J connectivity index is 2.31. The molecule has 116 valence electrons. The van der Waals surface area contributed by atoms with Crippen molar-refractivity contribution >= 4 is 11.0 Å². The van der Waals surface area contributed by atoms with Gasteiger partial charge in [-0.2, -0.15) is 0 Å². The predicted molar refractivity (Wildman–Crippen MR) is 85.4 cm³/mol. The van der Waals surface area contributed by atoms with Gasteiger partial charge in [0.05, 0.1) is 22.7 Å². The lowest BCUT2D eigenvalue weighted by Crippen LogP contribution is -2.41. The van der Waals surface area contributed by atoms with Crippen LogP contribution in [-0.4, -0.2) is 33.0 Å². The molecule has 0 fully saturated rings. The number of fused-ring (bicyclic) bond motifs is 1. The largest absolute Gasteiger partial charge is 0.390 e. The number of para-hydroxylation sites is 2. The quantitative estimate of drug-likeness (QED) is 0.852. The van der Waals surface area contributed by atoms with Crippen molar-refractivity contribution in [1.29, 1.82) is 0 Å². The van der Waals surface area contributed by atoms with E-state index < -0.39 is 11.7 Å². The number of aliphatic hydroxyl groups excluding tert-OH is 1. The summed E-state index contributed by atoms with van der Waals surface area (Å²) in [7, 11) is 0. The van der Waals surface area contributed by atoms with Crippen LogP contribution in [0.15, 0.2) is 24.3 Å². The van der Waals surface area contributed by atoms with Crippen LogP contribution in [0.2, 0.25) is 0 Å². The fourth-order valence-electron chi connectivity index (χ4n) is 2.64. The Morgan fingerprint density at radius 2 is 2.00 bits per heavy atom. The Hall–Kier alpha value is -1.39. The minimum absolute atomic E-state index is 0.502. The third-order valence-electron chi connectivity index (χ3n) is 3.88. The van der Waals surface area contributed by atoms with Gasteiger partial charge in [0.2, 0.25) is 0 Å². The van der Waals surface area contributed by atoms with E-state index in [4.69, 9.17) is 9.72 Å². The van der Waals surface area contributed by atoms with Gasteiger partial charge in [-0.3, -0.25) is 0 Å². The number of aryl methyl sites for hydroxylation is 1. The lowest BCUT2D eigenvalue weighted by molar-refractivity contribution is -0.0962. The summed E-state index contributed by atoms with van der Waals surface area (Å²) in [5.41, 5.74) is 1.56. The number of benzene rings is 1. The Labute approximate surface area is 126 Å². The number of ether oxygens (including phenoxy) is 1. The predicted octanol–water partition coefficient (Wildman–Crippen LogP) is 3.16. The van der Waals surface area contributed by atoms with Gasteiger partial charge in [-0.15, -0.1) is 0 Å². The molecule has 1 N–H and O–H groups in total. The van der Waals surface area contributed by atoms with Gasteiger partial charge >= 0.3 is 0 Å². The van der Waals surface area contributed by atoms with Crippen LogP contribution in [-0.2, 0) is 17.7 Å². The van der Waals surface area contributed by atoms with Crippen molar-refractivity contribution in [2.24, 2.45) is 0 Å². The molecule has 0 aliphatic heterocycles. The van der Waals surface area contributed by atoms with Crippen molar-refractivity contribution < 1.29 is 9.84 Å². The number of hydrogen-bond acceptors (Lipinski definition) is 3. The van der Waals surface area contributed by atoms with Gasteiger partial charge in [-0.25, -0.2) is 4.98 Å². The molecule has 21 heavy (non-hydrogen) atoms. The number of hydrogen-bond donors (Lipinski definition) is 1. The second kappa shape index (κ2) is 6.58. The van der Waals surface area contributed by atoms with E-state index in [-0.39, 0.29) is 0 Å². The minimum Gasteiger partial charge on any atom is -0.390 e. The van der Waals surface area contributed by atoms with Crippen LogP contribution in [0.4, 0.5) is 0 Å². The summed E-state index contributed by atoms with van der Waals surface area (Å²) < 4.78 is 7.86. The first-order chi connectivity index (χ1) is 9.99. The summed E-state index contributed by atoms with van der Waals surface area (Å²) in [4.78, 5) is 4.69. The van der Waals surface area contributed by atoms with Crippen LogP contribution in [0.5, 0.6) is 0 Å². The SMILES string of the molecule is CCCn1c(CC(O)C(C)(C)OCC)nc2ccccc21. The molecule has 2 aromatic rings. The highest BCUT2D eigenvalue weighted by molar-refractivity contribution is 5.75. The first-order valence-corrected chi connectivity index (χ1v) is 7.75. The van der Waals surface area contributed by atoms with Crippen molar-refractivity contribution in [2.45, 2.75) is 58.8 Å². The highest BCUT2D eigenvalue weighted by Crippen LogP contribution is 2.22. The second-order valence-corrected chi connectivity index (χ2v) is 5.92. The first-order valence-electron chi connectivity index (χ1n) is 7.75. The van der Waals surface area contributed by atoms with Crippen molar-refractivity contribution in [1.82, 2.24) is 9.55 Å². The van der Waals surface area contributed by atoms with Crippen LogP contribution >= 0.6 is 0 Å². The molecular weight excluding hydrogens is 264 g/mol. The maximum absolute atomic E-state index is 10.5. The van der Waals surface area contributed by atoms with Gasteiger partial charge < -0.3 is 14.4 Å². The van der Waals surface area contributed by atoms with Crippen LogP contribution in [0.3, 0.4) is 0 Å². The average Bonchev–Trinajstić information content (AvgIpc) is 2.77. The molecule has 0 saturated carbocycles. The van der Waals surface area contributed by atoms with Gasteiger partial charge in [0.15, 0.2) is 0 Å². The molecule has 0 aliphatic rings. The van der Waals surface area contributed by atoms with E-state index in [1.54, 1.807) is 0 Å². The summed E-state index contributed by atoms with van der Waals surface area (Å²) in [6.45, 7) is 9.45. The Bertz CT molecular complexity index is 589. The summed E-state index contributed by atoms with van der Waals surface area (Å²) in [6.07, 6.45) is 0.963. The highest BCUT2D eigenvalue weighted by atomic mass is 16.5. The van der Waals surface area contributed by atoms with Crippen LogP contribution < -0.4 is 0 Å². The molecule has 1 aromatic heterocycles. The first kappa shape index (κ1) is 16.0. The van der Waals surface area contributed by atoms with E-state index in [1.807, 2.05) is 39.0 Å². The topological polar surface area (TPSA) is 47.3 Å². The molecule has 4 heteroatoms. The Kier molecular flexibility index (Phi) is 5.01. The molecule has 0 amide bonds. The molecule has 0 saturated heterocycles. The number of imidazole rings is 1. The Morgan fingerprint density at radius 3 is 2.67 bits per heavy atom. The van der Waals surface area contributed by atoms with Gasteiger partial charge in [-0.05, 0) is 39.3 Å². The van der Waals surface area contributed by atoms with E-state index in [2.05, 4.69) is 17.6 Å². The van der Waals surface area contributed by atoms with E-state index in [0.29, 0.717) is 13.0 Å². The van der Waals surface area contributed by atoms with Gasteiger partial charge in [0.1, 0.15) is 5.82 Å². The summed E-state index contributed by atoms with van der Waals surface area (Å²) in [5, 5.41) is 10.5. The van der Waals surface area contributed by atoms with Crippen molar-refractivity contribution in [3.63, 3.8) is 0 Å². The number of nitrogens with zero attached hydrogens (tertiary/aromatic N) is 2. The third kappa shape index (κ3) is 3.44. The average molecular weight is 290 g/mol. The molecule has 0 aliphatic carbocycles. The van der Waals surface area contributed by atoms with E-state index in [1.165, 1.54) is 0 Å². The van der Waals surface area contributed by atoms with Gasteiger partial charge in [-0.1, -0.05) is 19.1 Å². The van der Waals surface area contributed by atoms with Crippen molar-refractivity contribution in [3.05, 3.63) is 30.1 Å². The second-order valence-electron chi connectivity index (χ2n) is 5.92. The molecule has 1 atom stereocenters. The molecule has 1 unspecified atom stereocenters. The van der Waals surface area contributed by atoms with Crippen LogP contribution in [0.25, 0.3) is 11.0 Å². The molecule has 4 nitrogen and oxygen atoms in total. The molecular formula is C17H26N2O2. The number of rotatable bonds is 7. The lowest BCUT2D eigenvalue weighted by Gasteiger charge is -2.30. The van der Waals surface area contributed by atoms with Crippen LogP contribution in [0, 0.1) is 0 Å². The highest BCUT2D eigenvalue weighted by Gasteiger charge is 2.30. The summed E-state index contributed by atoms with van der Waals surface area (Å²) in [5.74, 6) is 0.929. The fraction of sp³-hybridized carbons (Fsp3) is 0.588. The zero-order chi connectivity index (χ0) is 15.5. The Morgan fingerprint density at radius 1 is 1.29 bits per heavy atom. The monoisotopic (exact) mass is 290 g/mol. The molecule has 1 heterocycles. The van der Waals surface area contributed by atoms with Crippen molar-refractivity contribution in [2.75, 3.05) is 6.61 Å². The maximum Gasteiger partial charge on any atom is 0.112 e. The molecule has 0 spiro atoms. The third-order valence-corrected chi connectivity index (χ3v) is 3.88. The number of aliphatic hydroxyl groups is 1. The zero-order valence-electron chi connectivity index (χ0n) is 13.5. The van der Waals surface area contributed by atoms with Crippen LogP contribution in [0.1, 0.15) is 39.9 Å². The molecule has 1 aromatic carbocycles. The summed E-state index contributed by atoms with van der Waals surface area (Å²) in [6, 6.07) is 8.13. The maximum atomic E-state index is 10.5. The van der Waals surface area contributed by atoms with E-state index in [0.717, 1.165) is 29.8 Å². The van der Waals surface area contributed by atoms with Gasteiger partial charge in [0, 0.05) is 19.6 Å².